The molecule has 1 aromatic heterocycles. The van der Waals surface area contributed by atoms with Crippen LogP contribution in [0, 0.1) is 0 Å². The Morgan fingerprint density at radius 3 is 2.54 bits per heavy atom. The van der Waals surface area contributed by atoms with Crippen molar-refractivity contribution in [2.24, 2.45) is 0 Å². The van der Waals surface area contributed by atoms with E-state index in [0.29, 0.717) is 13.0 Å². The van der Waals surface area contributed by atoms with E-state index in [2.05, 4.69) is 10.3 Å². The van der Waals surface area contributed by atoms with Crippen LogP contribution in [0.2, 0.25) is 10.2 Å². The van der Waals surface area contributed by atoms with Crippen molar-refractivity contribution in [1.29, 1.82) is 0 Å². The normalized spacial score (nSPS) is 20.2. The molecular weight excluding hydrogens is 349 g/mol. The van der Waals surface area contributed by atoms with Crippen LogP contribution in [-0.2, 0) is 4.79 Å². The van der Waals surface area contributed by atoms with Crippen LogP contribution in [0.1, 0.15) is 28.4 Å². The maximum absolute atomic E-state index is 12.8. The molecule has 0 spiro atoms. The summed E-state index contributed by atoms with van der Waals surface area (Å²) in [6.45, 7) is 0.467. The first kappa shape index (κ1) is 16.9. The lowest BCUT2D eigenvalue weighted by atomic mass is 9.96. The number of rotatable bonds is 3. The molecule has 2 aromatic rings. The van der Waals surface area contributed by atoms with Gasteiger partial charge in [0.2, 0.25) is 5.91 Å². The second-order valence-corrected chi connectivity index (χ2v) is 6.56. The number of carbonyl (C=O) groups is 2. The number of aromatic nitrogens is 1. The number of halogens is 2. The molecule has 0 unspecified atom stereocenters. The highest BCUT2D eigenvalue weighted by Crippen LogP contribution is 2.33. The van der Waals surface area contributed by atoms with Crippen molar-refractivity contribution in [3.05, 3.63) is 57.8 Å². The molecule has 2 heterocycles. The van der Waals surface area contributed by atoms with Gasteiger partial charge in [0.15, 0.2) is 0 Å². The van der Waals surface area contributed by atoms with E-state index in [4.69, 9.17) is 23.2 Å². The minimum Gasteiger partial charge on any atom is -0.357 e. The van der Waals surface area contributed by atoms with Crippen molar-refractivity contribution in [1.82, 2.24) is 15.2 Å². The molecule has 0 bridgehead atoms. The second-order valence-electron chi connectivity index (χ2n) is 5.78. The first-order valence-electron chi connectivity index (χ1n) is 7.62. The van der Waals surface area contributed by atoms with E-state index >= 15 is 0 Å². The Balaban J connectivity index is 1.88. The average Bonchev–Trinajstić information content (AvgIpc) is 3.19. The van der Waals surface area contributed by atoms with Gasteiger partial charge in [0.05, 0.1) is 5.02 Å². The van der Waals surface area contributed by atoms with Gasteiger partial charge < -0.3 is 15.2 Å². The number of hydrogen-bond donors (Lipinski definition) is 2. The van der Waals surface area contributed by atoms with Gasteiger partial charge in [0.1, 0.15) is 16.9 Å². The summed E-state index contributed by atoms with van der Waals surface area (Å²) in [5.41, 5.74) is 1.40. The quantitative estimate of drug-likeness (QED) is 0.877. The number of hydrogen-bond acceptors (Lipinski definition) is 2. The number of carbonyl (C=O) groups excluding carboxylic acids is 2. The van der Waals surface area contributed by atoms with E-state index < -0.39 is 6.04 Å². The van der Waals surface area contributed by atoms with Crippen LogP contribution < -0.4 is 5.32 Å². The van der Waals surface area contributed by atoms with E-state index in [0.717, 1.165) is 5.56 Å². The van der Waals surface area contributed by atoms with Crippen molar-refractivity contribution in [2.75, 3.05) is 13.6 Å². The van der Waals surface area contributed by atoms with Gasteiger partial charge in [0.25, 0.3) is 5.91 Å². The highest BCUT2D eigenvalue weighted by Gasteiger charge is 2.40. The lowest BCUT2D eigenvalue weighted by molar-refractivity contribution is -0.124. The van der Waals surface area contributed by atoms with Gasteiger partial charge in [-0.15, -0.1) is 0 Å². The zero-order chi connectivity index (χ0) is 17.3. The van der Waals surface area contributed by atoms with Gasteiger partial charge >= 0.3 is 0 Å². The highest BCUT2D eigenvalue weighted by atomic mass is 35.5. The van der Waals surface area contributed by atoms with E-state index in [9.17, 15) is 9.59 Å². The Kier molecular flexibility index (Phi) is 4.83. The largest absolute Gasteiger partial charge is 0.357 e. The minimum absolute atomic E-state index is 0.110. The molecule has 7 heteroatoms. The molecule has 24 heavy (non-hydrogen) atoms. The number of H-pyrrole nitrogens is 1. The van der Waals surface area contributed by atoms with Gasteiger partial charge in [-0.25, -0.2) is 0 Å². The fourth-order valence-electron chi connectivity index (χ4n) is 3.12. The standard InChI is InChI=1S/C17H17Cl2N3O2/c1-20-16(23)14-7-11(10-5-3-2-4-6-10)9-22(14)17(24)13-8-12(18)15(19)21-13/h2-6,8,11,14,21H,7,9H2,1H3,(H,20,23)/t11-,14+/m1/s1. The van der Waals surface area contributed by atoms with Crippen LogP contribution in [0.15, 0.2) is 36.4 Å². The second kappa shape index (κ2) is 6.87. The molecule has 2 N–H and O–H groups in total. The average molecular weight is 366 g/mol. The number of benzene rings is 1. The van der Waals surface area contributed by atoms with E-state index in [1.54, 1.807) is 11.9 Å². The first-order chi connectivity index (χ1) is 11.5. The van der Waals surface area contributed by atoms with Crippen LogP contribution >= 0.6 is 23.2 Å². The fraction of sp³-hybridized carbons (Fsp3) is 0.294. The molecule has 2 amide bonds. The Hall–Kier alpha value is -1.98. The molecule has 1 fully saturated rings. The third kappa shape index (κ3) is 3.14. The van der Waals surface area contributed by atoms with Crippen molar-refractivity contribution in [3.63, 3.8) is 0 Å². The summed E-state index contributed by atoms with van der Waals surface area (Å²) in [5, 5.41) is 3.14. The van der Waals surface area contributed by atoms with E-state index in [1.165, 1.54) is 6.07 Å². The predicted octanol–water partition coefficient (Wildman–Crippen LogP) is 3.07. The van der Waals surface area contributed by atoms with Crippen LogP contribution in [0.5, 0.6) is 0 Å². The Bertz CT molecular complexity index is 741. The lowest BCUT2D eigenvalue weighted by Gasteiger charge is -2.22. The van der Waals surface area contributed by atoms with Gasteiger partial charge in [-0.1, -0.05) is 53.5 Å². The van der Waals surface area contributed by atoms with Crippen LogP contribution in [-0.4, -0.2) is 41.3 Å². The SMILES string of the molecule is CNC(=O)[C@@H]1C[C@@H](c2ccccc2)CN1C(=O)c1cc(Cl)c(Cl)[nH]1. The number of amides is 2. The first-order valence-corrected chi connectivity index (χ1v) is 8.38. The smallest absolute Gasteiger partial charge is 0.271 e. The molecule has 1 saturated heterocycles. The zero-order valence-corrected chi connectivity index (χ0v) is 14.6. The van der Waals surface area contributed by atoms with Gasteiger partial charge in [-0.05, 0) is 18.1 Å². The number of likely N-dealkylation sites (N-methyl/N-ethyl adjacent to an activating group) is 1. The molecular formula is C17H17Cl2N3O2. The lowest BCUT2D eigenvalue weighted by Crippen LogP contribution is -2.45. The molecule has 0 saturated carbocycles. The Morgan fingerprint density at radius 1 is 1.25 bits per heavy atom. The highest BCUT2D eigenvalue weighted by molar-refractivity contribution is 6.41. The van der Waals surface area contributed by atoms with E-state index in [-0.39, 0.29) is 33.6 Å². The summed E-state index contributed by atoms with van der Waals surface area (Å²) in [6.07, 6.45) is 0.581. The van der Waals surface area contributed by atoms with Crippen molar-refractivity contribution >= 4 is 35.0 Å². The van der Waals surface area contributed by atoms with Crippen LogP contribution in [0.3, 0.4) is 0 Å². The summed E-state index contributed by atoms with van der Waals surface area (Å²) in [4.78, 5) is 29.4. The maximum atomic E-state index is 12.8. The maximum Gasteiger partial charge on any atom is 0.271 e. The topological polar surface area (TPSA) is 65.2 Å². The molecule has 1 aromatic carbocycles. The third-order valence-corrected chi connectivity index (χ3v) is 5.03. The monoisotopic (exact) mass is 365 g/mol. The molecule has 0 radical (unpaired) electrons. The number of aromatic amines is 1. The molecule has 1 aliphatic heterocycles. The number of nitrogens with one attached hydrogen (secondary N) is 2. The van der Waals surface area contributed by atoms with Crippen molar-refractivity contribution in [2.45, 2.75) is 18.4 Å². The molecule has 0 aliphatic carbocycles. The summed E-state index contributed by atoms with van der Waals surface area (Å²) < 4.78 is 0. The molecule has 3 rings (SSSR count). The van der Waals surface area contributed by atoms with Gasteiger partial charge in [-0.3, -0.25) is 9.59 Å². The van der Waals surface area contributed by atoms with Crippen molar-refractivity contribution < 1.29 is 9.59 Å². The third-order valence-electron chi connectivity index (χ3n) is 4.34. The number of likely N-dealkylation sites (tertiary alicyclic amines) is 1. The van der Waals surface area contributed by atoms with Crippen LogP contribution in [0.4, 0.5) is 0 Å². The van der Waals surface area contributed by atoms with Gasteiger partial charge in [0, 0.05) is 19.5 Å². The molecule has 2 atom stereocenters. The van der Waals surface area contributed by atoms with E-state index in [1.807, 2.05) is 30.3 Å². The minimum atomic E-state index is -0.520. The summed E-state index contributed by atoms with van der Waals surface area (Å²) in [7, 11) is 1.57. The Morgan fingerprint density at radius 2 is 1.96 bits per heavy atom. The van der Waals surface area contributed by atoms with Crippen LogP contribution in [0.25, 0.3) is 0 Å². The number of nitrogens with zero attached hydrogens (tertiary/aromatic N) is 1. The fourth-order valence-corrected chi connectivity index (χ4v) is 3.43. The predicted molar refractivity (Wildman–Crippen MR) is 93.5 cm³/mol. The summed E-state index contributed by atoms with van der Waals surface area (Å²) >= 11 is 11.8. The summed E-state index contributed by atoms with van der Waals surface area (Å²) in [5.74, 6) is -0.347. The molecule has 5 nitrogen and oxygen atoms in total. The molecule has 126 valence electrons. The Labute approximate surface area is 149 Å². The molecule has 1 aliphatic rings. The zero-order valence-electron chi connectivity index (χ0n) is 13.1. The summed E-state index contributed by atoms with van der Waals surface area (Å²) in [6, 6.07) is 10.9. The van der Waals surface area contributed by atoms with Gasteiger partial charge in [-0.2, -0.15) is 0 Å². The van der Waals surface area contributed by atoms with Crippen molar-refractivity contribution in [3.8, 4) is 0 Å².